The zero-order valence-corrected chi connectivity index (χ0v) is 19.7. The summed E-state index contributed by atoms with van der Waals surface area (Å²) in [5, 5.41) is 0. The summed E-state index contributed by atoms with van der Waals surface area (Å²) in [5.41, 5.74) is 15.5. The van der Waals surface area contributed by atoms with Gasteiger partial charge in [-0.05, 0) is 68.4 Å². The summed E-state index contributed by atoms with van der Waals surface area (Å²) in [6.07, 6.45) is 5.52. The Morgan fingerprint density at radius 1 is 1.12 bits per heavy atom. The van der Waals surface area contributed by atoms with E-state index in [9.17, 15) is 0 Å². The van der Waals surface area contributed by atoms with Gasteiger partial charge >= 0.3 is 0 Å². The molecule has 33 heavy (non-hydrogen) atoms. The van der Waals surface area contributed by atoms with Crippen LogP contribution in [-0.4, -0.2) is 33.1 Å². The number of fused-ring (bicyclic) bond motifs is 2. The van der Waals surface area contributed by atoms with E-state index in [1.165, 1.54) is 18.4 Å². The number of hydrogen-bond donors (Lipinski definition) is 1. The molecule has 0 bridgehead atoms. The first-order valence-corrected chi connectivity index (χ1v) is 12.3. The Morgan fingerprint density at radius 3 is 2.85 bits per heavy atom. The molecule has 2 N–H and O–H groups in total. The summed E-state index contributed by atoms with van der Waals surface area (Å²) in [4.78, 5) is 21.5. The number of rotatable bonds is 4. The molecule has 1 saturated carbocycles. The molecule has 0 spiro atoms. The molecule has 1 aromatic carbocycles. The molecule has 6 rings (SSSR count). The van der Waals surface area contributed by atoms with Gasteiger partial charge in [0.2, 0.25) is 5.95 Å². The Bertz CT molecular complexity index is 1360. The number of aryl methyl sites for hydroxylation is 2. The Labute approximate surface area is 196 Å². The van der Waals surface area contributed by atoms with E-state index in [4.69, 9.17) is 15.5 Å². The molecule has 2 aliphatic rings. The first kappa shape index (κ1) is 20.4. The summed E-state index contributed by atoms with van der Waals surface area (Å²) in [6, 6.07) is 6.50. The van der Waals surface area contributed by atoms with Gasteiger partial charge in [0.1, 0.15) is 28.5 Å². The van der Waals surface area contributed by atoms with Gasteiger partial charge in [0.15, 0.2) is 0 Å². The second-order valence-corrected chi connectivity index (χ2v) is 9.90. The third kappa shape index (κ3) is 3.88. The average Bonchev–Trinajstić information content (AvgIpc) is 3.54. The molecular weight excluding hydrogens is 432 g/mol. The number of thiazole rings is 1. The van der Waals surface area contributed by atoms with Crippen LogP contribution in [0.2, 0.25) is 0 Å². The van der Waals surface area contributed by atoms with Crippen molar-refractivity contribution in [1.29, 1.82) is 0 Å². The van der Waals surface area contributed by atoms with Crippen molar-refractivity contribution in [1.82, 2.24) is 19.9 Å². The van der Waals surface area contributed by atoms with Crippen LogP contribution in [0.25, 0.3) is 21.5 Å². The summed E-state index contributed by atoms with van der Waals surface area (Å²) < 4.78 is 6.23. The van der Waals surface area contributed by atoms with E-state index >= 15 is 0 Å². The van der Waals surface area contributed by atoms with Crippen molar-refractivity contribution in [3.05, 3.63) is 52.3 Å². The highest BCUT2D eigenvalue weighted by atomic mass is 32.1. The van der Waals surface area contributed by atoms with Gasteiger partial charge in [-0.3, -0.25) is 0 Å². The van der Waals surface area contributed by atoms with Crippen molar-refractivity contribution in [2.24, 2.45) is 5.92 Å². The van der Waals surface area contributed by atoms with Crippen molar-refractivity contribution >= 4 is 33.5 Å². The molecule has 1 fully saturated rings. The summed E-state index contributed by atoms with van der Waals surface area (Å²) in [6.45, 7) is 6.22. The molecule has 168 valence electrons. The van der Waals surface area contributed by atoms with E-state index in [0.717, 1.165) is 68.7 Å². The molecule has 0 atom stereocenters. The van der Waals surface area contributed by atoms with Crippen LogP contribution >= 0.6 is 11.3 Å². The second kappa shape index (κ2) is 7.95. The normalized spacial score (nSPS) is 15.9. The minimum absolute atomic E-state index is 0.333. The first-order chi connectivity index (χ1) is 16.0. The highest BCUT2D eigenvalue weighted by Gasteiger charge is 2.28. The van der Waals surface area contributed by atoms with E-state index in [1.807, 2.05) is 18.6 Å². The molecule has 1 aliphatic carbocycles. The van der Waals surface area contributed by atoms with Gasteiger partial charge in [-0.1, -0.05) is 0 Å². The predicted molar refractivity (Wildman–Crippen MR) is 132 cm³/mol. The van der Waals surface area contributed by atoms with Crippen molar-refractivity contribution in [3.8, 4) is 16.9 Å². The fourth-order valence-corrected chi connectivity index (χ4v) is 5.30. The number of aromatic nitrogens is 4. The molecule has 7 nitrogen and oxygen atoms in total. The molecule has 0 saturated heterocycles. The third-order valence-electron chi connectivity index (χ3n) is 6.54. The lowest BCUT2D eigenvalue weighted by molar-refractivity contribution is 0.329. The molecule has 0 amide bonds. The number of nitrogens with two attached hydrogens (primary N) is 1. The lowest BCUT2D eigenvalue weighted by Crippen LogP contribution is -2.28. The number of pyridine rings is 1. The lowest BCUT2D eigenvalue weighted by atomic mass is 9.99. The fraction of sp³-hybridized carbons (Fsp3) is 0.360. The van der Waals surface area contributed by atoms with Crippen LogP contribution in [0.4, 0.5) is 11.8 Å². The minimum atomic E-state index is 0.333. The third-order valence-corrected chi connectivity index (χ3v) is 7.29. The maximum Gasteiger partial charge on any atom is 0.222 e. The van der Waals surface area contributed by atoms with Crippen molar-refractivity contribution < 1.29 is 4.74 Å². The standard InChI is InChI=1S/C25H26N6OS/c1-14-7-17(18-10-21-24(27-11-18)33-13-28-21)9-19-12-31(5-6-32-22(14)19)23-20(8-16-3-4-16)15(2)29-25(26)30-23/h7,9-11,13,16H,3-6,8,12H2,1-2H3,(H2,26,29,30). The topological polar surface area (TPSA) is 90.1 Å². The Morgan fingerprint density at radius 2 is 2.00 bits per heavy atom. The number of anilines is 2. The van der Waals surface area contributed by atoms with E-state index < -0.39 is 0 Å². The van der Waals surface area contributed by atoms with Crippen LogP contribution in [0.1, 0.15) is 35.2 Å². The minimum Gasteiger partial charge on any atom is -0.491 e. The van der Waals surface area contributed by atoms with Gasteiger partial charge in [0, 0.05) is 35.1 Å². The zero-order chi connectivity index (χ0) is 22.5. The van der Waals surface area contributed by atoms with E-state index in [0.29, 0.717) is 19.1 Å². The molecule has 3 aromatic heterocycles. The molecule has 0 radical (unpaired) electrons. The van der Waals surface area contributed by atoms with E-state index in [2.05, 4.69) is 45.0 Å². The van der Waals surface area contributed by atoms with Gasteiger partial charge < -0.3 is 15.4 Å². The van der Waals surface area contributed by atoms with Crippen LogP contribution in [0, 0.1) is 19.8 Å². The van der Waals surface area contributed by atoms with E-state index in [-0.39, 0.29) is 0 Å². The highest BCUT2D eigenvalue weighted by Crippen LogP contribution is 2.38. The van der Waals surface area contributed by atoms with Crippen LogP contribution in [0.5, 0.6) is 5.75 Å². The van der Waals surface area contributed by atoms with Crippen LogP contribution in [0.3, 0.4) is 0 Å². The van der Waals surface area contributed by atoms with Crippen molar-refractivity contribution in [2.45, 2.75) is 39.7 Å². The summed E-state index contributed by atoms with van der Waals surface area (Å²) >= 11 is 1.56. The van der Waals surface area contributed by atoms with Gasteiger partial charge in [-0.25, -0.2) is 15.0 Å². The van der Waals surface area contributed by atoms with Crippen LogP contribution in [-0.2, 0) is 13.0 Å². The number of ether oxygens (including phenoxy) is 1. The second-order valence-electron chi connectivity index (χ2n) is 9.07. The number of hydrogen-bond acceptors (Lipinski definition) is 8. The summed E-state index contributed by atoms with van der Waals surface area (Å²) in [5.74, 6) is 3.00. The van der Waals surface area contributed by atoms with Gasteiger partial charge in [-0.15, -0.1) is 11.3 Å². The molecule has 8 heteroatoms. The Kier molecular flexibility index (Phi) is 4.90. The maximum atomic E-state index is 6.23. The molecule has 4 heterocycles. The SMILES string of the molecule is Cc1cc(-c2cnc3scnc3c2)cc2c1OCCN(c1nc(N)nc(C)c1CC1CC1)C2. The quantitative estimate of drug-likeness (QED) is 0.474. The van der Waals surface area contributed by atoms with Gasteiger partial charge in [0.05, 0.1) is 12.1 Å². The monoisotopic (exact) mass is 458 g/mol. The van der Waals surface area contributed by atoms with Gasteiger partial charge in [0.25, 0.3) is 0 Å². The van der Waals surface area contributed by atoms with E-state index in [1.54, 1.807) is 11.3 Å². The summed E-state index contributed by atoms with van der Waals surface area (Å²) in [7, 11) is 0. The molecule has 1 aliphatic heterocycles. The number of nitrogen functional groups attached to an aromatic ring is 1. The molecule has 4 aromatic rings. The first-order valence-electron chi connectivity index (χ1n) is 11.4. The van der Waals surface area contributed by atoms with Crippen molar-refractivity contribution in [2.75, 3.05) is 23.8 Å². The lowest BCUT2D eigenvalue weighted by Gasteiger charge is -2.25. The van der Waals surface area contributed by atoms with Crippen LogP contribution in [0.15, 0.2) is 29.9 Å². The largest absolute Gasteiger partial charge is 0.491 e. The Balaban J connectivity index is 1.40. The number of benzene rings is 1. The average molecular weight is 459 g/mol. The highest BCUT2D eigenvalue weighted by molar-refractivity contribution is 7.16. The maximum absolute atomic E-state index is 6.23. The zero-order valence-electron chi connectivity index (χ0n) is 18.8. The molecular formula is C25H26N6OS. The predicted octanol–water partition coefficient (Wildman–Crippen LogP) is 4.70. The van der Waals surface area contributed by atoms with Crippen molar-refractivity contribution in [3.63, 3.8) is 0 Å². The van der Waals surface area contributed by atoms with Gasteiger partial charge in [-0.2, -0.15) is 4.98 Å². The molecule has 0 unspecified atom stereocenters. The smallest absolute Gasteiger partial charge is 0.222 e. The van der Waals surface area contributed by atoms with Crippen LogP contribution < -0.4 is 15.4 Å². The fourth-order valence-electron chi connectivity index (χ4n) is 4.69. The Hall–Kier alpha value is -3.26. The number of nitrogens with zero attached hydrogens (tertiary/aromatic N) is 5.